The van der Waals surface area contributed by atoms with Gasteiger partial charge in [-0.1, -0.05) is 18.2 Å². The molecule has 0 saturated heterocycles. The van der Waals surface area contributed by atoms with Crippen LogP contribution in [0.3, 0.4) is 0 Å². The number of aliphatic hydroxyl groups is 3. The number of nitrogens with one attached hydrogen (secondary N) is 2. The van der Waals surface area contributed by atoms with Crippen molar-refractivity contribution in [1.29, 1.82) is 0 Å². The van der Waals surface area contributed by atoms with E-state index in [1.165, 1.54) is 16.7 Å². The van der Waals surface area contributed by atoms with Crippen molar-refractivity contribution in [1.82, 2.24) is 19.9 Å². The molecule has 0 amide bonds. The Balaban J connectivity index is 1.39. The van der Waals surface area contributed by atoms with Gasteiger partial charge < -0.3 is 26.0 Å². The van der Waals surface area contributed by atoms with Crippen LogP contribution >= 0.6 is 11.3 Å². The second kappa shape index (κ2) is 10.4. The topological polar surface area (TPSA) is 136 Å². The van der Waals surface area contributed by atoms with E-state index in [-0.39, 0.29) is 6.61 Å². The van der Waals surface area contributed by atoms with Gasteiger partial charge in [-0.15, -0.1) is 11.3 Å². The van der Waals surface area contributed by atoms with Crippen molar-refractivity contribution >= 4 is 33.3 Å². The van der Waals surface area contributed by atoms with E-state index in [9.17, 15) is 15.3 Å². The maximum atomic E-state index is 10.7. The zero-order chi connectivity index (χ0) is 27.3. The molecule has 3 heterocycles. The molecule has 4 atom stereocenters. The molecule has 6 rings (SSSR count). The summed E-state index contributed by atoms with van der Waals surface area (Å²) in [5.41, 5.74) is 7.09. The highest BCUT2D eigenvalue weighted by Gasteiger charge is 2.41. The number of aromatic nitrogens is 4. The minimum atomic E-state index is -1.03. The summed E-state index contributed by atoms with van der Waals surface area (Å²) in [5.74, 6) is 1.08. The fourth-order valence-corrected chi connectivity index (χ4v) is 6.64. The van der Waals surface area contributed by atoms with Gasteiger partial charge in [0.1, 0.15) is 22.4 Å². The number of benzene rings is 1. The van der Waals surface area contributed by atoms with Crippen LogP contribution < -0.4 is 10.6 Å². The highest BCUT2D eigenvalue weighted by Crippen LogP contribution is 2.44. The van der Waals surface area contributed by atoms with Gasteiger partial charge in [0, 0.05) is 31.2 Å². The van der Waals surface area contributed by atoms with Crippen LogP contribution in [-0.4, -0.2) is 60.1 Å². The SMILES string of the molecule is Cc1cccc(C)c1CNc1nc(C)c(-c2nc3c(C4CC4)nccc3s2)c(NC2CC(CO)C(O)C2O)n1. The standard InChI is InChI=1S/C29H34N6O3S/c1-14-5-4-6-15(2)19(14)12-31-29-32-16(3)22(27(35-29)33-20-11-18(13-36)25(37)26(20)38)28-34-24-21(39-28)9-10-30-23(24)17-7-8-17/h4-6,9-10,17-18,20,25-26,36-38H,7-8,11-13H2,1-3H3,(H2,31,32,33,35). The van der Waals surface area contributed by atoms with Crippen LogP contribution in [0.1, 0.15) is 53.3 Å². The molecule has 0 bridgehead atoms. The fourth-order valence-electron chi connectivity index (χ4n) is 5.57. The normalized spacial score (nSPS) is 22.9. The molecule has 1 aromatic carbocycles. The number of fused-ring (bicyclic) bond motifs is 1. The van der Waals surface area contributed by atoms with E-state index in [0.29, 0.717) is 30.6 Å². The number of rotatable bonds is 8. The molecule has 2 aliphatic carbocycles. The molecule has 2 fully saturated rings. The Labute approximate surface area is 231 Å². The van der Waals surface area contributed by atoms with Crippen molar-refractivity contribution in [3.63, 3.8) is 0 Å². The summed E-state index contributed by atoms with van der Waals surface area (Å²) in [5, 5.41) is 38.4. The van der Waals surface area contributed by atoms with Crippen LogP contribution in [0.5, 0.6) is 0 Å². The molecule has 9 nitrogen and oxygen atoms in total. The smallest absolute Gasteiger partial charge is 0.225 e. The predicted octanol–water partition coefficient (Wildman–Crippen LogP) is 4.08. The van der Waals surface area contributed by atoms with Crippen LogP contribution in [0, 0.1) is 26.7 Å². The highest BCUT2D eigenvalue weighted by atomic mass is 32.1. The van der Waals surface area contributed by atoms with Gasteiger partial charge >= 0.3 is 0 Å². The second-order valence-corrected chi connectivity index (χ2v) is 11.9. The van der Waals surface area contributed by atoms with Crippen molar-refractivity contribution in [2.75, 3.05) is 17.2 Å². The highest BCUT2D eigenvalue weighted by molar-refractivity contribution is 7.21. The lowest BCUT2D eigenvalue weighted by atomic mass is 10.0. The number of hydrogen-bond acceptors (Lipinski definition) is 10. The average Bonchev–Trinajstić information content (AvgIpc) is 3.61. The lowest BCUT2D eigenvalue weighted by Gasteiger charge is -2.21. The molecule has 39 heavy (non-hydrogen) atoms. The maximum absolute atomic E-state index is 10.7. The van der Waals surface area contributed by atoms with Crippen molar-refractivity contribution in [3.8, 4) is 10.6 Å². The van der Waals surface area contributed by atoms with Gasteiger partial charge in [0.05, 0.1) is 33.8 Å². The first kappa shape index (κ1) is 26.1. The summed E-state index contributed by atoms with van der Waals surface area (Å²) in [6.07, 6.45) is 2.52. The summed E-state index contributed by atoms with van der Waals surface area (Å²) in [6.45, 7) is 6.51. The summed E-state index contributed by atoms with van der Waals surface area (Å²) in [4.78, 5) is 19.3. The molecule has 0 spiro atoms. The predicted molar refractivity (Wildman–Crippen MR) is 153 cm³/mol. The van der Waals surface area contributed by atoms with Gasteiger partial charge in [-0.05, 0) is 62.8 Å². The third-order valence-electron chi connectivity index (χ3n) is 8.03. The summed E-state index contributed by atoms with van der Waals surface area (Å²) >= 11 is 1.58. The largest absolute Gasteiger partial charge is 0.396 e. The summed E-state index contributed by atoms with van der Waals surface area (Å²) in [7, 11) is 0. The Hall–Kier alpha value is -3.18. The number of pyridine rings is 1. The third-order valence-corrected chi connectivity index (χ3v) is 9.07. The van der Waals surface area contributed by atoms with E-state index in [2.05, 4.69) is 47.7 Å². The lowest BCUT2D eigenvalue weighted by Crippen LogP contribution is -2.35. The number of nitrogens with zero attached hydrogens (tertiary/aromatic N) is 4. The number of aryl methyl sites for hydroxylation is 3. The van der Waals surface area contributed by atoms with E-state index in [1.807, 2.05) is 19.2 Å². The van der Waals surface area contributed by atoms with E-state index < -0.39 is 24.2 Å². The lowest BCUT2D eigenvalue weighted by molar-refractivity contribution is 0.00446. The summed E-state index contributed by atoms with van der Waals surface area (Å²) in [6, 6.07) is 7.75. The van der Waals surface area contributed by atoms with E-state index in [4.69, 9.17) is 15.0 Å². The molecule has 3 aromatic heterocycles. The Morgan fingerprint density at radius 3 is 2.46 bits per heavy atom. The van der Waals surface area contributed by atoms with Gasteiger partial charge in [0.15, 0.2) is 0 Å². The van der Waals surface area contributed by atoms with Crippen LogP contribution in [0.2, 0.25) is 0 Å². The van der Waals surface area contributed by atoms with Gasteiger partial charge in [-0.3, -0.25) is 4.98 Å². The average molecular weight is 547 g/mol. The first-order chi connectivity index (χ1) is 18.8. The quantitative estimate of drug-likeness (QED) is 0.221. The molecule has 4 unspecified atom stereocenters. The Kier molecular flexibility index (Phi) is 6.96. The Bertz CT molecular complexity index is 1500. The number of anilines is 2. The fraction of sp³-hybridized carbons (Fsp3) is 0.448. The molecular weight excluding hydrogens is 512 g/mol. The van der Waals surface area contributed by atoms with E-state index in [1.54, 1.807) is 11.3 Å². The first-order valence-electron chi connectivity index (χ1n) is 13.5. The van der Waals surface area contributed by atoms with Crippen LogP contribution in [0.15, 0.2) is 30.5 Å². The molecular formula is C29H34N6O3S. The van der Waals surface area contributed by atoms with Crippen molar-refractivity contribution in [3.05, 3.63) is 58.5 Å². The van der Waals surface area contributed by atoms with Gasteiger partial charge in [-0.25, -0.2) is 9.97 Å². The third kappa shape index (κ3) is 4.98. The zero-order valence-corrected chi connectivity index (χ0v) is 23.2. The molecule has 4 aromatic rings. The molecule has 10 heteroatoms. The molecule has 2 saturated carbocycles. The van der Waals surface area contributed by atoms with Crippen molar-refractivity contribution in [2.45, 2.75) is 70.7 Å². The maximum Gasteiger partial charge on any atom is 0.225 e. The number of thiazole rings is 1. The molecule has 0 radical (unpaired) electrons. The van der Waals surface area contributed by atoms with E-state index >= 15 is 0 Å². The van der Waals surface area contributed by atoms with Crippen LogP contribution in [0.25, 0.3) is 20.8 Å². The van der Waals surface area contributed by atoms with Crippen LogP contribution in [-0.2, 0) is 6.54 Å². The minimum absolute atomic E-state index is 0.191. The number of aliphatic hydroxyl groups excluding tert-OH is 3. The van der Waals surface area contributed by atoms with Crippen molar-refractivity contribution < 1.29 is 15.3 Å². The van der Waals surface area contributed by atoms with Gasteiger partial charge in [0.2, 0.25) is 5.95 Å². The summed E-state index contributed by atoms with van der Waals surface area (Å²) < 4.78 is 1.07. The zero-order valence-electron chi connectivity index (χ0n) is 22.3. The van der Waals surface area contributed by atoms with Crippen LogP contribution in [0.4, 0.5) is 11.8 Å². The van der Waals surface area contributed by atoms with Gasteiger partial charge in [0.25, 0.3) is 0 Å². The molecule has 0 aliphatic heterocycles. The minimum Gasteiger partial charge on any atom is -0.396 e. The molecule has 5 N–H and O–H groups in total. The van der Waals surface area contributed by atoms with E-state index in [0.717, 1.165) is 45.0 Å². The second-order valence-electron chi connectivity index (χ2n) is 10.8. The number of hydrogen-bond donors (Lipinski definition) is 5. The Morgan fingerprint density at radius 2 is 1.77 bits per heavy atom. The van der Waals surface area contributed by atoms with Gasteiger partial charge in [-0.2, -0.15) is 4.98 Å². The van der Waals surface area contributed by atoms with Crippen molar-refractivity contribution in [2.24, 2.45) is 5.92 Å². The first-order valence-corrected chi connectivity index (χ1v) is 14.3. The monoisotopic (exact) mass is 546 g/mol. The molecule has 2 aliphatic rings. The molecule has 204 valence electrons. The Morgan fingerprint density at radius 1 is 1.00 bits per heavy atom.